The summed E-state index contributed by atoms with van der Waals surface area (Å²) in [5.74, 6) is 1.25. The van der Waals surface area contributed by atoms with Crippen LogP contribution in [0, 0.1) is 0 Å². The normalized spacial score (nSPS) is 10.2. The van der Waals surface area contributed by atoms with Crippen LogP contribution in [-0.4, -0.2) is 50.6 Å². The number of rotatable bonds is 10. The molecular weight excluding hydrogens is 372 g/mol. The summed E-state index contributed by atoms with van der Waals surface area (Å²) in [5, 5.41) is 2.76. The number of hydrogen-bond acceptors (Lipinski definition) is 5. The molecular formula is C22H28N2O5. The number of carbonyl (C=O) groups excluding carboxylic acids is 2. The van der Waals surface area contributed by atoms with E-state index in [1.54, 1.807) is 56.6 Å². The Bertz CT molecular complexity index is 820. The highest BCUT2D eigenvalue weighted by atomic mass is 16.5. The van der Waals surface area contributed by atoms with Crippen LogP contribution >= 0.6 is 0 Å². The Hall–Kier alpha value is -3.22. The quantitative estimate of drug-likeness (QED) is 0.659. The van der Waals surface area contributed by atoms with E-state index in [2.05, 4.69) is 5.32 Å². The lowest BCUT2D eigenvalue weighted by atomic mass is 10.1. The zero-order valence-electron chi connectivity index (χ0n) is 17.4. The Labute approximate surface area is 171 Å². The molecule has 0 heterocycles. The van der Waals surface area contributed by atoms with E-state index in [4.69, 9.17) is 14.2 Å². The number of nitrogens with one attached hydrogen (secondary N) is 1. The van der Waals surface area contributed by atoms with Gasteiger partial charge in [0.2, 0.25) is 5.91 Å². The lowest BCUT2D eigenvalue weighted by molar-refractivity contribution is -0.116. The van der Waals surface area contributed by atoms with Gasteiger partial charge in [-0.25, -0.2) is 0 Å². The van der Waals surface area contributed by atoms with Crippen molar-refractivity contribution in [3.63, 3.8) is 0 Å². The molecule has 1 N–H and O–H groups in total. The van der Waals surface area contributed by atoms with Crippen LogP contribution in [0.2, 0.25) is 0 Å². The Morgan fingerprint density at radius 3 is 2.34 bits per heavy atom. The molecule has 2 aromatic rings. The molecule has 0 radical (unpaired) electrons. The average Bonchev–Trinajstić information content (AvgIpc) is 2.72. The number of ether oxygens (including phenoxy) is 3. The van der Waals surface area contributed by atoms with Gasteiger partial charge < -0.3 is 24.4 Å². The van der Waals surface area contributed by atoms with Crippen LogP contribution in [-0.2, 0) is 4.79 Å². The van der Waals surface area contributed by atoms with Crippen molar-refractivity contribution >= 4 is 17.5 Å². The zero-order chi connectivity index (χ0) is 21.2. The highest BCUT2D eigenvalue weighted by Crippen LogP contribution is 2.29. The summed E-state index contributed by atoms with van der Waals surface area (Å²) in [7, 11) is 3.16. The Morgan fingerprint density at radius 1 is 1.00 bits per heavy atom. The third-order valence-electron chi connectivity index (χ3n) is 4.05. The second-order valence-corrected chi connectivity index (χ2v) is 6.38. The molecule has 7 nitrogen and oxygen atoms in total. The molecule has 156 valence electrons. The molecule has 0 unspecified atom stereocenters. The van der Waals surface area contributed by atoms with Gasteiger partial charge >= 0.3 is 0 Å². The SMILES string of the molecule is CCCOc1ccc(C(=O)N(C)CC(=O)Nc2ccc(OC)cc2)cc1OCC. The Kier molecular flexibility index (Phi) is 8.33. The number of anilines is 1. The van der Waals surface area contributed by atoms with E-state index in [9.17, 15) is 9.59 Å². The van der Waals surface area contributed by atoms with Crippen molar-refractivity contribution < 1.29 is 23.8 Å². The molecule has 0 aliphatic carbocycles. The van der Waals surface area contributed by atoms with E-state index in [1.165, 1.54) is 4.90 Å². The molecule has 0 spiro atoms. The second-order valence-electron chi connectivity index (χ2n) is 6.38. The van der Waals surface area contributed by atoms with Crippen LogP contribution < -0.4 is 19.5 Å². The van der Waals surface area contributed by atoms with Crippen molar-refractivity contribution in [3.05, 3.63) is 48.0 Å². The van der Waals surface area contributed by atoms with Crippen LogP contribution in [0.4, 0.5) is 5.69 Å². The maximum Gasteiger partial charge on any atom is 0.254 e. The fourth-order valence-corrected chi connectivity index (χ4v) is 2.62. The molecule has 0 bridgehead atoms. The lowest BCUT2D eigenvalue weighted by Gasteiger charge is -2.18. The Morgan fingerprint density at radius 2 is 1.72 bits per heavy atom. The van der Waals surface area contributed by atoms with Gasteiger partial charge in [0.05, 0.1) is 26.9 Å². The van der Waals surface area contributed by atoms with E-state index in [0.717, 1.165) is 6.42 Å². The number of methoxy groups -OCH3 is 1. The zero-order valence-corrected chi connectivity index (χ0v) is 17.4. The largest absolute Gasteiger partial charge is 0.497 e. The maximum atomic E-state index is 12.7. The first-order valence-corrected chi connectivity index (χ1v) is 9.57. The van der Waals surface area contributed by atoms with E-state index < -0.39 is 0 Å². The van der Waals surface area contributed by atoms with Gasteiger partial charge in [0.1, 0.15) is 5.75 Å². The highest BCUT2D eigenvalue weighted by Gasteiger charge is 2.17. The number of benzene rings is 2. The third kappa shape index (κ3) is 6.41. The van der Waals surface area contributed by atoms with Gasteiger partial charge in [-0.1, -0.05) is 6.92 Å². The lowest BCUT2D eigenvalue weighted by Crippen LogP contribution is -2.34. The molecule has 0 atom stereocenters. The van der Waals surface area contributed by atoms with Gasteiger partial charge in [0.25, 0.3) is 5.91 Å². The molecule has 0 fully saturated rings. The van der Waals surface area contributed by atoms with Gasteiger partial charge in [0, 0.05) is 18.3 Å². The number of carbonyl (C=O) groups is 2. The number of nitrogens with zero attached hydrogens (tertiary/aromatic N) is 1. The summed E-state index contributed by atoms with van der Waals surface area (Å²) < 4.78 is 16.3. The molecule has 0 aromatic heterocycles. The van der Waals surface area contributed by atoms with Crippen molar-refractivity contribution in [2.45, 2.75) is 20.3 Å². The predicted octanol–water partition coefficient (Wildman–Crippen LogP) is 3.59. The standard InChI is InChI=1S/C22H28N2O5/c1-5-13-29-19-12-7-16(14-20(19)28-6-2)22(26)24(3)15-21(25)23-17-8-10-18(27-4)11-9-17/h7-12,14H,5-6,13,15H2,1-4H3,(H,23,25). The van der Waals surface area contributed by atoms with Gasteiger partial charge in [0.15, 0.2) is 11.5 Å². The van der Waals surface area contributed by atoms with Gasteiger partial charge in [-0.05, 0) is 55.8 Å². The molecule has 2 rings (SSSR count). The molecule has 0 saturated carbocycles. The molecule has 2 aromatic carbocycles. The number of hydrogen-bond donors (Lipinski definition) is 1. The summed E-state index contributed by atoms with van der Waals surface area (Å²) in [4.78, 5) is 26.4. The molecule has 0 aliphatic rings. The van der Waals surface area contributed by atoms with Crippen molar-refractivity contribution in [2.24, 2.45) is 0 Å². The average molecular weight is 400 g/mol. The first-order valence-electron chi connectivity index (χ1n) is 9.57. The summed E-state index contributed by atoms with van der Waals surface area (Å²) >= 11 is 0. The molecule has 2 amide bonds. The minimum atomic E-state index is -0.293. The fourth-order valence-electron chi connectivity index (χ4n) is 2.62. The minimum Gasteiger partial charge on any atom is -0.497 e. The third-order valence-corrected chi connectivity index (χ3v) is 4.05. The summed E-state index contributed by atoms with van der Waals surface area (Å²) in [6.45, 7) is 4.83. The molecule has 7 heteroatoms. The van der Waals surface area contributed by atoms with Crippen LogP contribution in [0.5, 0.6) is 17.2 Å². The first kappa shape index (κ1) is 22.1. The van der Waals surface area contributed by atoms with Crippen molar-refractivity contribution in [3.8, 4) is 17.2 Å². The summed E-state index contributed by atoms with van der Waals surface area (Å²) in [5.41, 5.74) is 1.06. The van der Waals surface area contributed by atoms with Gasteiger partial charge in [-0.3, -0.25) is 9.59 Å². The fraction of sp³-hybridized carbons (Fsp3) is 0.364. The van der Waals surface area contributed by atoms with Crippen LogP contribution in [0.3, 0.4) is 0 Å². The highest BCUT2D eigenvalue weighted by molar-refractivity contribution is 5.99. The van der Waals surface area contributed by atoms with Gasteiger partial charge in [-0.2, -0.15) is 0 Å². The number of likely N-dealkylation sites (N-methyl/N-ethyl adjacent to an activating group) is 1. The van der Waals surface area contributed by atoms with Crippen LogP contribution in [0.25, 0.3) is 0 Å². The second kappa shape index (κ2) is 10.9. The topological polar surface area (TPSA) is 77.1 Å². The predicted molar refractivity (Wildman–Crippen MR) is 112 cm³/mol. The maximum absolute atomic E-state index is 12.7. The van der Waals surface area contributed by atoms with Crippen molar-refractivity contribution in [1.82, 2.24) is 4.90 Å². The minimum absolute atomic E-state index is 0.0804. The molecule has 29 heavy (non-hydrogen) atoms. The summed E-state index contributed by atoms with van der Waals surface area (Å²) in [6, 6.07) is 12.0. The van der Waals surface area contributed by atoms with E-state index in [0.29, 0.717) is 41.7 Å². The van der Waals surface area contributed by atoms with E-state index >= 15 is 0 Å². The van der Waals surface area contributed by atoms with E-state index in [1.807, 2.05) is 13.8 Å². The first-order chi connectivity index (χ1) is 14.0. The van der Waals surface area contributed by atoms with Crippen molar-refractivity contribution in [1.29, 1.82) is 0 Å². The van der Waals surface area contributed by atoms with Crippen molar-refractivity contribution in [2.75, 3.05) is 39.2 Å². The Balaban J connectivity index is 2.02. The monoisotopic (exact) mass is 400 g/mol. The van der Waals surface area contributed by atoms with Crippen LogP contribution in [0.1, 0.15) is 30.6 Å². The molecule has 0 saturated heterocycles. The molecule has 0 aliphatic heterocycles. The smallest absolute Gasteiger partial charge is 0.254 e. The van der Waals surface area contributed by atoms with Gasteiger partial charge in [-0.15, -0.1) is 0 Å². The van der Waals surface area contributed by atoms with Crippen LogP contribution in [0.15, 0.2) is 42.5 Å². The van der Waals surface area contributed by atoms with E-state index in [-0.39, 0.29) is 18.4 Å². The number of amides is 2. The summed E-state index contributed by atoms with van der Waals surface area (Å²) in [6.07, 6.45) is 0.873.